The van der Waals surface area contributed by atoms with Gasteiger partial charge in [0.15, 0.2) is 0 Å². The molecule has 124 valence electrons. The van der Waals surface area contributed by atoms with Gasteiger partial charge in [0.2, 0.25) is 0 Å². The average Bonchev–Trinajstić information content (AvgIpc) is 2.88. The first-order valence-electron chi connectivity index (χ1n) is 7.66. The zero-order valence-corrected chi connectivity index (χ0v) is 14.2. The Kier molecular flexibility index (Phi) is 4.76. The van der Waals surface area contributed by atoms with Crippen molar-refractivity contribution >= 4 is 28.5 Å². The number of hydrogen-bond donors (Lipinski definition) is 0. The van der Waals surface area contributed by atoms with Crippen molar-refractivity contribution in [3.63, 3.8) is 0 Å². The summed E-state index contributed by atoms with van der Waals surface area (Å²) < 4.78 is 16.5. The zero-order valence-electron chi connectivity index (χ0n) is 13.5. The molecule has 0 atom stereocenters. The van der Waals surface area contributed by atoms with E-state index in [4.69, 9.17) is 25.5 Å². The molecule has 0 saturated heterocycles. The summed E-state index contributed by atoms with van der Waals surface area (Å²) in [6, 6.07) is 13.2. The largest absolute Gasteiger partial charge is 0.487 e. The minimum absolute atomic E-state index is 0.301. The molecular weight excluding hydrogens is 328 g/mol. The molecule has 0 N–H and O–H groups in total. The number of aryl methyl sites for hydroxylation is 1. The van der Waals surface area contributed by atoms with Crippen LogP contribution in [0.4, 0.5) is 0 Å². The highest BCUT2D eigenvalue weighted by molar-refractivity contribution is 6.33. The van der Waals surface area contributed by atoms with Gasteiger partial charge in [-0.3, -0.25) is 0 Å². The summed E-state index contributed by atoms with van der Waals surface area (Å²) in [6.07, 6.45) is 0. The van der Waals surface area contributed by atoms with Crippen LogP contribution in [0.3, 0.4) is 0 Å². The summed E-state index contributed by atoms with van der Waals surface area (Å²) in [5, 5.41) is 1.07. The fourth-order valence-corrected chi connectivity index (χ4v) is 2.73. The van der Waals surface area contributed by atoms with Crippen molar-refractivity contribution in [2.75, 3.05) is 6.61 Å². The smallest absolute Gasteiger partial charge is 0.342 e. The number of carbonyl (C=O) groups excluding carboxylic acids is 1. The Bertz CT molecular complexity index is 868. The first-order chi connectivity index (χ1) is 11.6. The Balaban J connectivity index is 1.95. The third-order valence-corrected chi connectivity index (χ3v) is 3.93. The molecule has 1 aromatic heterocycles. The number of furan rings is 1. The summed E-state index contributed by atoms with van der Waals surface area (Å²) >= 11 is 6.27. The highest BCUT2D eigenvalue weighted by Crippen LogP contribution is 2.35. The van der Waals surface area contributed by atoms with Crippen molar-refractivity contribution in [2.45, 2.75) is 20.5 Å². The van der Waals surface area contributed by atoms with Crippen molar-refractivity contribution in [3.8, 4) is 5.75 Å². The van der Waals surface area contributed by atoms with Gasteiger partial charge in [-0.25, -0.2) is 4.79 Å². The van der Waals surface area contributed by atoms with Crippen LogP contribution >= 0.6 is 11.6 Å². The highest BCUT2D eigenvalue weighted by atomic mass is 35.5. The Labute approximate surface area is 144 Å². The van der Waals surface area contributed by atoms with Crippen LogP contribution in [0, 0.1) is 6.92 Å². The van der Waals surface area contributed by atoms with Crippen LogP contribution in [-0.2, 0) is 11.3 Å². The molecule has 0 aliphatic carbocycles. The van der Waals surface area contributed by atoms with Gasteiger partial charge in [-0.2, -0.15) is 0 Å². The van der Waals surface area contributed by atoms with Crippen molar-refractivity contribution < 1.29 is 18.7 Å². The molecule has 0 fully saturated rings. The summed E-state index contributed by atoms with van der Waals surface area (Å²) in [5.74, 6) is 0.587. The maximum absolute atomic E-state index is 12.2. The summed E-state index contributed by atoms with van der Waals surface area (Å²) in [5.41, 5.74) is 1.98. The minimum Gasteiger partial charge on any atom is -0.487 e. The average molecular weight is 345 g/mol. The number of halogens is 1. The fraction of sp³-hybridized carbons (Fsp3) is 0.211. The first-order valence-corrected chi connectivity index (χ1v) is 8.04. The maximum atomic E-state index is 12.2. The van der Waals surface area contributed by atoms with Gasteiger partial charge in [-0.15, -0.1) is 0 Å². The van der Waals surface area contributed by atoms with E-state index in [9.17, 15) is 4.79 Å². The van der Waals surface area contributed by atoms with Crippen LogP contribution in [-0.4, -0.2) is 12.6 Å². The molecule has 0 unspecified atom stereocenters. The van der Waals surface area contributed by atoms with Gasteiger partial charge in [0.05, 0.1) is 11.6 Å². The normalized spacial score (nSPS) is 10.8. The Morgan fingerprint density at radius 1 is 1.21 bits per heavy atom. The van der Waals surface area contributed by atoms with E-state index in [0.717, 1.165) is 5.56 Å². The van der Waals surface area contributed by atoms with Crippen molar-refractivity contribution in [2.24, 2.45) is 0 Å². The van der Waals surface area contributed by atoms with E-state index in [2.05, 4.69) is 0 Å². The topological polar surface area (TPSA) is 48.7 Å². The monoisotopic (exact) mass is 344 g/mol. The van der Waals surface area contributed by atoms with Crippen molar-refractivity contribution in [1.29, 1.82) is 0 Å². The number of benzene rings is 2. The predicted molar refractivity (Wildman–Crippen MR) is 92.7 cm³/mol. The molecule has 5 heteroatoms. The molecule has 0 amide bonds. The van der Waals surface area contributed by atoms with Gasteiger partial charge in [0.25, 0.3) is 0 Å². The van der Waals surface area contributed by atoms with Crippen LogP contribution in [0.2, 0.25) is 5.02 Å². The summed E-state index contributed by atoms with van der Waals surface area (Å²) in [7, 11) is 0. The first kappa shape index (κ1) is 16.4. The standard InChI is InChI=1S/C19H17ClO4/c1-3-22-19(21)18-12(2)24-16-10-15(20)17(9-14(16)18)23-11-13-7-5-4-6-8-13/h4-10H,3,11H2,1-2H3. The maximum Gasteiger partial charge on any atom is 0.342 e. The molecule has 24 heavy (non-hydrogen) atoms. The van der Waals surface area contributed by atoms with Gasteiger partial charge in [0, 0.05) is 11.5 Å². The van der Waals surface area contributed by atoms with Gasteiger partial charge in [0.1, 0.15) is 29.3 Å². The predicted octanol–water partition coefficient (Wildman–Crippen LogP) is 5.15. The molecule has 3 aromatic rings. The number of esters is 1. The van der Waals surface area contributed by atoms with Crippen LogP contribution in [0.15, 0.2) is 46.9 Å². The quantitative estimate of drug-likeness (QED) is 0.600. The third-order valence-electron chi connectivity index (χ3n) is 3.64. The highest BCUT2D eigenvalue weighted by Gasteiger charge is 2.21. The molecule has 0 spiro atoms. The van der Waals surface area contributed by atoms with E-state index in [0.29, 0.717) is 46.3 Å². The second kappa shape index (κ2) is 6.97. The Morgan fingerprint density at radius 3 is 2.67 bits per heavy atom. The second-order valence-corrected chi connectivity index (χ2v) is 5.71. The second-order valence-electron chi connectivity index (χ2n) is 5.31. The van der Waals surface area contributed by atoms with Gasteiger partial charge >= 0.3 is 5.97 Å². The number of fused-ring (bicyclic) bond motifs is 1. The number of rotatable bonds is 5. The van der Waals surface area contributed by atoms with E-state index in [1.165, 1.54) is 0 Å². The van der Waals surface area contributed by atoms with Crippen LogP contribution in [0.1, 0.15) is 28.6 Å². The van der Waals surface area contributed by atoms with E-state index in [-0.39, 0.29) is 0 Å². The van der Waals surface area contributed by atoms with E-state index in [1.54, 1.807) is 26.0 Å². The van der Waals surface area contributed by atoms with Crippen LogP contribution < -0.4 is 4.74 Å². The molecular formula is C19H17ClO4. The van der Waals surface area contributed by atoms with Crippen molar-refractivity contribution in [1.82, 2.24) is 0 Å². The molecule has 0 aliphatic heterocycles. The van der Waals surface area contributed by atoms with Crippen LogP contribution in [0.25, 0.3) is 11.0 Å². The third kappa shape index (κ3) is 3.24. The van der Waals surface area contributed by atoms with Gasteiger partial charge < -0.3 is 13.9 Å². The number of carbonyl (C=O) groups is 1. The molecule has 0 saturated carbocycles. The lowest BCUT2D eigenvalue weighted by Crippen LogP contribution is -2.05. The van der Waals surface area contributed by atoms with Gasteiger partial charge in [-0.05, 0) is 25.5 Å². The molecule has 4 nitrogen and oxygen atoms in total. The molecule has 3 rings (SSSR count). The fourth-order valence-electron chi connectivity index (χ4n) is 2.52. The van der Waals surface area contributed by atoms with E-state index in [1.807, 2.05) is 30.3 Å². The Hall–Kier alpha value is -2.46. The molecule has 0 radical (unpaired) electrons. The van der Waals surface area contributed by atoms with E-state index < -0.39 is 5.97 Å². The van der Waals surface area contributed by atoms with Gasteiger partial charge in [-0.1, -0.05) is 41.9 Å². The zero-order chi connectivity index (χ0) is 17.1. The minimum atomic E-state index is -0.412. The summed E-state index contributed by atoms with van der Waals surface area (Å²) in [4.78, 5) is 12.2. The SMILES string of the molecule is CCOC(=O)c1c(C)oc2cc(Cl)c(OCc3ccccc3)cc12. The van der Waals surface area contributed by atoms with Crippen LogP contribution in [0.5, 0.6) is 5.75 Å². The Morgan fingerprint density at radius 2 is 1.96 bits per heavy atom. The number of hydrogen-bond acceptors (Lipinski definition) is 4. The van der Waals surface area contributed by atoms with E-state index >= 15 is 0 Å². The summed E-state index contributed by atoms with van der Waals surface area (Å²) in [6.45, 7) is 4.18. The molecule has 0 aliphatic rings. The van der Waals surface area contributed by atoms with Crippen molar-refractivity contribution in [3.05, 3.63) is 64.4 Å². The lowest BCUT2D eigenvalue weighted by Gasteiger charge is -2.08. The molecule has 2 aromatic carbocycles. The lowest BCUT2D eigenvalue weighted by atomic mass is 10.1. The number of ether oxygens (including phenoxy) is 2. The lowest BCUT2D eigenvalue weighted by molar-refractivity contribution is 0.0526. The molecule has 1 heterocycles. The molecule has 0 bridgehead atoms.